The van der Waals surface area contributed by atoms with E-state index in [1.807, 2.05) is 0 Å². The van der Waals surface area contributed by atoms with E-state index in [2.05, 4.69) is 47.2 Å². The highest BCUT2D eigenvalue weighted by molar-refractivity contribution is 5.98. The van der Waals surface area contributed by atoms with E-state index in [9.17, 15) is 78.6 Å². The zero-order valence-electron chi connectivity index (χ0n) is 40.1. The van der Waals surface area contributed by atoms with Crippen LogP contribution in [0.5, 0.6) is 5.75 Å². The fourth-order valence-electron chi connectivity index (χ4n) is 7.37. The van der Waals surface area contributed by atoms with Crippen molar-refractivity contribution in [1.29, 1.82) is 0 Å². The normalized spacial score (nSPS) is 17.5. The van der Waals surface area contributed by atoms with Gasteiger partial charge in [-0.15, -0.1) is 0 Å². The molecule has 0 aliphatic carbocycles. The van der Waals surface area contributed by atoms with E-state index in [1.165, 1.54) is 41.7 Å². The number of aliphatic hydroxyl groups excluding tert-OH is 4. The molecule has 1 aromatic heterocycles. The van der Waals surface area contributed by atoms with Crippen LogP contribution < -0.4 is 48.7 Å². The average Bonchev–Trinajstić information content (AvgIpc) is 4.04. The number of hydrogen-bond acceptors (Lipinski definition) is 17. The Bertz CT molecular complexity index is 2210. The summed E-state index contributed by atoms with van der Waals surface area (Å²) >= 11 is 0. The van der Waals surface area contributed by atoms with Crippen LogP contribution >= 0.6 is 0 Å². The Hall–Kier alpha value is -7.27. The quantitative estimate of drug-likeness (QED) is 0.0377. The van der Waals surface area contributed by atoms with Crippen LogP contribution in [0.1, 0.15) is 64.6 Å². The summed E-state index contributed by atoms with van der Waals surface area (Å²) in [6.45, 7) is 3.62. The number of carboxylic acid groups (broad SMARTS) is 1. The molecule has 1 fully saturated rings. The molecule has 0 spiro atoms. The number of nitrogens with two attached hydrogens (primary N) is 2. The summed E-state index contributed by atoms with van der Waals surface area (Å²) in [5.41, 5.74) is 11.5. The number of aromatic hydroxyl groups is 1. The van der Waals surface area contributed by atoms with Crippen LogP contribution in [0.3, 0.4) is 0 Å². The highest BCUT2D eigenvalue weighted by Crippen LogP contribution is 2.22. The maximum atomic E-state index is 14.4. The number of H-pyrrole nitrogens is 1. The minimum absolute atomic E-state index is 0.0356. The van der Waals surface area contributed by atoms with E-state index in [0.717, 1.165) is 13.8 Å². The number of hydrogen-bond donors (Lipinski definition) is 16. The lowest BCUT2D eigenvalue weighted by molar-refractivity contribution is -0.146. The summed E-state index contributed by atoms with van der Waals surface area (Å²) in [7, 11) is 0. The first kappa shape index (κ1) is 59.0. The number of aliphatic hydroxyl groups is 4. The number of imidazole rings is 1. The van der Waals surface area contributed by atoms with Crippen LogP contribution in [0.2, 0.25) is 0 Å². The number of aromatic nitrogens is 2. The molecule has 18 N–H and O–H groups in total. The van der Waals surface area contributed by atoms with Gasteiger partial charge in [0.1, 0.15) is 54.1 Å². The molecule has 9 amide bonds. The summed E-state index contributed by atoms with van der Waals surface area (Å²) in [4.78, 5) is 140. The molecule has 1 aliphatic heterocycles. The second-order valence-electron chi connectivity index (χ2n) is 17.6. The molecule has 1 aromatic carbocycles. The Labute approximate surface area is 412 Å². The summed E-state index contributed by atoms with van der Waals surface area (Å²) in [5.74, 6) is -11.0. The van der Waals surface area contributed by atoms with E-state index in [-0.39, 0.29) is 38.0 Å². The molecule has 0 saturated carbocycles. The topological polar surface area (TPSA) is 460 Å². The van der Waals surface area contributed by atoms with E-state index < -0.39 is 151 Å². The highest BCUT2D eigenvalue weighted by atomic mass is 16.4. The average molecular weight is 1020 g/mol. The van der Waals surface area contributed by atoms with Gasteiger partial charge in [-0.2, -0.15) is 0 Å². The minimum Gasteiger partial charge on any atom is -0.508 e. The number of aromatic amines is 1. The van der Waals surface area contributed by atoms with Crippen LogP contribution in [0.15, 0.2) is 36.8 Å². The number of primary amides is 1. The Morgan fingerprint density at radius 2 is 1.25 bits per heavy atom. The maximum Gasteiger partial charge on any atom is 0.328 e. The zero-order valence-corrected chi connectivity index (χ0v) is 40.1. The molecule has 11 atom stereocenters. The van der Waals surface area contributed by atoms with Crippen molar-refractivity contribution in [1.82, 2.24) is 52.1 Å². The SMILES string of the molecule is CC(C)[C@H](NC(=O)[C@H](Cc1cnc[nH]1)NC(=O)[C@@H](NC(=O)[C@H](CO)NC(=O)[C@H](CCC(N)=O)NC(=O)[C@@H](N)CO)[C@@H](C)O)C(=O)N1CCC[C@H]1C(=O)N[C@@H](Cc1ccc(O)cc1)C(=O)N[C@H](C(=O)O)[C@@H](C)O. The van der Waals surface area contributed by atoms with Crippen LogP contribution in [-0.4, -0.2) is 191 Å². The van der Waals surface area contributed by atoms with Crippen molar-refractivity contribution < 1.29 is 78.6 Å². The number of nitrogens with zero attached hydrogens (tertiary/aromatic N) is 2. The first-order chi connectivity index (χ1) is 33.9. The van der Waals surface area contributed by atoms with Gasteiger partial charge in [0.15, 0.2) is 6.04 Å². The number of phenolic OH excluding ortho intramolecular Hbond substituents is 1. The predicted octanol–water partition coefficient (Wildman–Crippen LogP) is -6.64. The van der Waals surface area contributed by atoms with Gasteiger partial charge in [0, 0.05) is 37.7 Å². The Morgan fingerprint density at radius 1 is 0.708 bits per heavy atom. The Kier molecular flexibility index (Phi) is 22.9. The van der Waals surface area contributed by atoms with Gasteiger partial charge in [-0.25, -0.2) is 9.78 Å². The second kappa shape index (κ2) is 27.9. The molecule has 28 nitrogen and oxygen atoms in total. The van der Waals surface area contributed by atoms with Gasteiger partial charge < -0.3 is 89.2 Å². The molecule has 0 unspecified atom stereocenters. The summed E-state index contributed by atoms with van der Waals surface area (Å²) in [5, 5.41) is 75.8. The first-order valence-corrected chi connectivity index (χ1v) is 22.9. The Balaban J connectivity index is 1.83. The summed E-state index contributed by atoms with van der Waals surface area (Å²) in [6, 6.07) is -8.32. The van der Waals surface area contributed by atoms with Crippen molar-refractivity contribution in [3.8, 4) is 5.75 Å². The number of phenols is 1. The summed E-state index contributed by atoms with van der Waals surface area (Å²) in [6.07, 6.45) is -1.43. The van der Waals surface area contributed by atoms with Gasteiger partial charge in [0.2, 0.25) is 53.2 Å². The van der Waals surface area contributed by atoms with Crippen molar-refractivity contribution in [3.05, 3.63) is 48.0 Å². The molecule has 2 heterocycles. The number of carbonyl (C=O) groups excluding carboxylic acids is 9. The first-order valence-electron chi connectivity index (χ1n) is 22.9. The van der Waals surface area contributed by atoms with Crippen LogP contribution in [-0.2, 0) is 60.8 Å². The van der Waals surface area contributed by atoms with E-state index >= 15 is 0 Å². The third-order valence-corrected chi connectivity index (χ3v) is 11.5. The monoisotopic (exact) mass is 1020 g/mol. The molecule has 0 bridgehead atoms. The van der Waals surface area contributed by atoms with Gasteiger partial charge in [0.05, 0.1) is 31.7 Å². The standard InChI is InChI=1S/C44H66N12O16/c1-20(2)33(43(70)56-13-5-6-31(56)41(68)50-28(14-23-7-9-25(61)10-8-23)38(65)55-35(22(4)60)44(71)72)53-39(66)29(15-24-16-47-19-48-24)51-42(69)34(21(3)59)54-40(67)30(18-58)52-37(64)27(11-12-32(46)62)49-36(63)26(45)17-57/h7-10,16,19-22,26-31,33-35,57-61H,5-6,11-15,17-18,45H2,1-4H3,(H2,46,62)(H,47,48)(H,49,63)(H,50,68)(H,51,69)(H,52,64)(H,53,66)(H,54,67)(H,55,65)(H,71,72)/t21-,22-,26+,27+,28+,29+,30+,31+,33+,34+,35+/m1/s1. The lowest BCUT2D eigenvalue weighted by Gasteiger charge is -2.32. The molecule has 0 radical (unpaired) electrons. The molecule has 3 rings (SSSR count). The van der Waals surface area contributed by atoms with Crippen molar-refractivity contribution in [3.63, 3.8) is 0 Å². The van der Waals surface area contributed by atoms with E-state index in [0.29, 0.717) is 17.7 Å². The predicted molar refractivity (Wildman–Crippen MR) is 249 cm³/mol. The maximum absolute atomic E-state index is 14.4. The van der Waals surface area contributed by atoms with Crippen LogP contribution in [0.4, 0.5) is 0 Å². The minimum atomic E-state index is -1.86. The van der Waals surface area contributed by atoms with Gasteiger partial charge in [-0.1, -0.05) is 26.0 Å². The number of aliphatic carboxylic acids is 1. The number of rotatable bonds is 28. The third kappa shape index (κ3) is 17.5. The largest absolute Gasteiger partial charge is 0.508 e. The molecule has 2 aromatic rings. The lowest BCUT2D eigenvalue weighted by atomic mass is 10.00. The third-order valence-electron chi connectivity index (χ3n) is 11.5. The highest BCUT2D eigenvalue weighted by Gasteiger charge is 2.42. The molecule has 28 heteroatoms. The molecule has 72 heavy (non-hydrogen) atoms. The van der Waals surface area contributed by atoms with E-state index in [4.69, 9.17) is 11.5 Å². The number of carboxylic acids is 1. The van der Waals surface area contributed by atoms with Crippen LogP contribution in [0, 0.1) is 5.92 Å². The second-order valence-corrected chi connectivity index (χ2v) is 17.6. The van der Waals surface area contributed by atoms with Gasteiger partial charge in [0.25, 0.3) is 0 Å². The number of likely N-dealkylation sites (tertiary alicyclic amines) is 1. The van der Waals surface area contributed by atoms with Crippen LogP contribution in [0.25, 0.3) is 0 Å². The number of amides is 9. The Morgan fingerprint density at radius 3 is 1.78 bits per heavy atom. The van der Waals surface area contributed by atoms with Crippen molar-refractivity contribution in [2.75, 3.05) is 19.8 Å². The molecule has 398 valence electrons. The fourth-order valence-corrected chi connectivity index (χ4v) is 7.37. The fraction of sp³-hybridized carbons (Fsp3) is 0.568. The molecular weight excluding hydrogens is 953 g/mol. The van der Waals surface area contributed by atoms with Crippen molar-refractivity contribution in [2.45, 2.75) is 133 Å². The van der Waals surface area contributed by atoms with Crippen molar-refractivity contribution in [2.24, 2.45) is 17.4 Å². The van der Waals surface area contributed by atoms with E-state index in [1.54, 1.807) is 13.8 Å². The molecule has 1 aliphatic rings. The zero-order chi connectivity index (χ0) is 54.0. The van der Waals surface area contributed by atoms with Gasteiger partial charge in [-0.3, -0.25) is 43.2 Å². The van der Waals surface area contributed by atoms with Gasteiger partial charge >= 0.3 is 5.97 Å². The van der Waals surface area contributed by atoms with Crippen molar-refractivity contribution >= 4 is 59.1 Å². The number of nitrogens with one attached hydrogen (secondary N) is 8. The lowest BCUT2D eigenvalue weighted by Crippen LogP contribution is -2.63. The number of benzene rings is 1. The number of carbonyl (C=O) groups is 10. The summed E-state index contributed by atoms with van der Waals surface area (Å²) < 4.78 is 0. The molecular formula is C44H66N12O16. The molecule has 1 saturated heterocycles. The smallest absolute Gasteiger partial charge is 0.328 e. The van der Waals surface area contributed by atoms with Gasteiger partial charge in [-0.05, 0) is 56.7 Å².